The molecule has 1 aliphatic heterocycles. The lowest BCUT2D eigenvalue weighted by atomic mass is 10.1. The Morgan fingerprint density at radius 3 is 2.52 bits per heavy atom. The molecule has 1 aliphatic rings. The number of ether oxygens (including phenoxy) is 2. The molecule has 2 aromatic rings. The van der Waals surface area contributed by atoms with Gasteiger partial charge in [-0.05, 0) is 43.2 Å². The maximum atomic E-state index is 12.7. The lowest BCUT2D eigenvalue weighted by molar-refractivity contribution is -0.145. The molecule has 31 heavy (non-hydrogen) atoms. The summed E-state index contributed by atoms with van der Waals surface area (Å²) in [5, 5.41) is 2.86. The predicted molar refractivity (Wildman–Crippen MR) is 117 cm³/mol. The van der Waals surface area contributed by atoms with E-state index in [0.717, 1.165) is 16.0 Å². The van der Waals surface area contributed by atoms with Crippen LogP contribution in [0.5, 0.6) is 5.75 Å². The van der Waals surface area contributed by atoms with Gasteiger partial charge in [-0.1, -0.05) is 53.0 Å². The molecule has 0 aliphatic carbocycles. The number of rotatable bonds is 7. The lowest BCUT2D eigenvalue weighted by Crippen LogP contribution is -2.30. The number of nitrogens with zero attached hydrogens (tertiary/aromatic N) is 1. The molecule has 1 saturated heterocycles. The fourth-order valence-corrected chi connectivity index (χ4v) is 3.62. The van der Waals surface area contributed by atoms with Crippen LogP contribution >= 0.6 is 23.2 Å². The van der Waals surface area contributed by atoms with Crippen LogP contribution in [0.4, 0.5) is 4.79 Å². The van der Waals surface area contributed by atoms with Crippen LogP contribution in [0.3, 0.4) is 0 Å². The molecular weight excluding hydrogens is 443 g/mol. The van der Waals surface area contributed by atoms with E-state index in [1.165, 1.54) is 18.2 Å². The highest BCUT2D eigenvalue weighted by atomic mass is 35.5. The van der Waals surface area contributed by atoms with Gasteiger partial charge in [0.1, 0.15) is 5.70 Å². The number of aryl methyl sites for hydroxylation is 1. The minimum Gasteiger partial charge on any atom is -0.479 e. The van der Waals surface area contributed by atoms with Crippen molar-refractivity contribution in [3.8, 4) is 5.75 Å². The number of urea groups is 1. The summed E-state index contributed by atoms with van der Waals surface area (Å²) in [6, 6.07) is 10.1. The normalized spacial score (nSPS) is 14.7. The Kier molecular flexibility index (Phi) is 7.20. The maximum Gasteiger partial charge on any atom is 0.344 e. The number of carbonyl (C=O) groups is 3. The third-order valence-corrected chi connectivity index (χ3v) is 4.92. The number of hydrogen-bond acceptors (Lipinski definition) is 5. The highest BCUT2D eigenvalue weighted by molar-refractivity contribution is 6.37. The summed E-state index contributed by atoms with van der Waals surface area (Å²) in [5.41, 5.74) is 2.47. The molecule has 1 fully saturated rings. The molecule has 0 atom stereocenters. The van der Waals surface area contributed by atoms with Gasteiger partial charge in [0.25, 0.3) is 5.91 Å². The Morgan fingerprint density at radius 1 is 1.16 bits per heavy atom. The van der Waals surface area contributed by atoms with Crippen molar-refractivity contribution in [2.24, 2.45) is 0 Å². The molecule has 0 radical (unpaired) electrons. The topological polar surface area (TPSA) is 84.9 Å². The Balaban J connectivity index is 1.76. The fourth-order valence-electron chi connectivity index (χ4n) is 3.01. The number of imide groups is 1. The Morgan fingerprint density at radius 2 is 1.87 bits per heavy atom. The van der Waals surface area contributed by atoms with Crippen LogP contribution in [-0.2, 0) is 20.9 Å². The summed E-state index contributed by atoms with van der Waals surface area (Å²) < 4.78 is 10.1. The zero-order chi connectivity index (χ0) is 22.5. The SMILES string of the molecule is CCOC(=O)COc1c(Cl)cc(/C=C2/NC(=O)N(Cc3cccc(C)c3)C2=O)cc1Cl. The summed E-state index contributed by atoms with van der Waals surface area (Å²) in [4.78, 5) is 37.6. The van der Waals surface area contributed by atoms with Gasteiger partial charge in [-0.15, -0.1) is 0 Å². The van der Waals surface area contributed by atoms with Crippen LogP contribution in [0.15, 0.2) is 42.1 Å². The first-order valence-corrected chi connectivity index (χ1v) is 10.2. The quantitative estimate of drug-likeness (QED) is 0.375. The summed E-state index contributed by atoms with van der Waals surface area (Å²) >= 11 is 12.4. The predicted octanol–water partition coefficient (Wildman–Crippen LogP) is 4.34. The molecule has 1 heterocycles. The summed E-state index contributed by atoms with van der Waals surface area (Å²) in [7, 11) is 0. The highest BCUT2D eigenvalue weighted by Crippen LogP contribution is 2.35. The van der Waals surface area contributed by atoms with Gasteiger partial charge in [0.2, 0.25) is 0 Å². The largest absolute Gasteiger partial charge is 0.479 e. The first-order chi connectivity index (χ1) is 14.8. The lowest BCUT2D eigenvalue weighted by Gasteiger charge is -2.12. The average molecular weight is 463 g/mol. The molecule has 1 N–H and O–H groups in total. The van der Waals surface area contributed by atoms with Gasteiger partial charge in [0.15, 0.2) is 12.4 Å². The van der Waals surface area contributed by atoms with Gasteiger partial charge in [-0.3, -0.25) is 9.69 Å². The van der Waals surface area contributed by atoms with Crippen LogP contribution in [0, 0.1) is 6.92 Å². The van der Waals surface area contributed by atoms with Gasteiger partial charge in [0.05, 0.1) is 23.2 Å². The van der Waals surface area contributed by atoms with E-state index in [-0.39, 0.29) is 41.3 Å². The molecule has 2 aromatic carbocycles. The fraction of sp³-hybridized carbons (Fsp3) is 0.227. The standard InChI is InChI=1S/C22H20Cl2N2O5/c1-3-30-19(27)12-31-20-16(23)8-15(9-17(20)24)10-18-21(28)26(22(29)25-18)11-14-6-4-5-13(2)7-14/h4-10H,3,11-12H2,1-2H3,(H,25,29)/b18-10+. The number of nitrogens with one attached hydrogen (secondary N) is 1. The van der Waals surface area contributed by atoms with E-state index < -0.39 is 17.9 Å². The van der Waals surface area contributed by atoms with Gasteiger partial charge in [-0.2, -0.15) is 0 Å². The number of esters is 1. The van der Waals surface area contributed by atoms with Crippen molar-refractivity contribution in [3.63, 3.8) is 0 Å². The molecule has 3 rings (SSSR count). The molecule has 0 unspecified atom stereocenters. The molecule has 162 valence electrons. The zero-order valence-corrected chi connectivity index (χ0v) is 18.4. The summed E-state index contributed by atoms with van der Waals surface area (Å²) in [5.74, 6) is -0.878. The zero-order valence-electron chi connectivity index (χ0n) is 16.9. The second kappa shape index (κ2) is 9.85. The van der Waals surface area contributed by atoms with Crippen molar-refractivity contribution in [1.82, 2.24) is 10.2 Å². The number of amides is 3. The minimum absolute atomic E-state index is 0.102. The van der Waals surface area contributed by atoms with Crippen molar-refractivity contribution in [2.45, 2.75) is 20.4 Å². The van der Waals surface area contributed by atoms with Gasteiger partial charge >= 0.3 is 12.0 Å². The third kappa shape index (κ3) is 5.57. The second-order valence-corrected chi connectivity index (χ2v) is 7.59. The monoisotopic (exact) mass is 462 g/mol. The molecule has 9 heteroatoms. The number of benzene rings is 2. The molecule has 0 spiro atoms. The number of halogens is 2. The van der Waals surface area contributed by atoms with Crippen LogP contribution in [0.2, 0.25) is 10.0 Å². The number of carbonyl (C=O) groups excluding carboxylic acids is 3. The van der Waals surface area contributed by atoms with Crippen molar-refractivity contribution in [1.29, 1.82) is 0 Å². The average Bonchev–Trinajstić information content (AvgIpc) is 2.95. The molecule has 3 amide bonds. The molecule has 0 aromatic heterocycles. The molecule has 7 nitrogen and oxygen atoms in total. The Labute approximate surface area is 189 Å². The second-order valence-electron chi connectivity index (χ2n) is 6.78. The van der Waals surface area contributed by atoms with Crippen molar-refractivity contribution >= 4 is 47.2 Å². The van der Waals surface area contributed by atoms with E-state index in [2.05, 4.69) is 5.32 Å². The Hall–Kier alpha value is -3.03. The number of hydrogen-bond donors (Lipinski definition) is 1. The molecular formula is C22H20Cl2N2O5. The summed E-state index contributed by atoms with van der Waals surface area (Å²) in [6.07, 6.45) is 1.48. The maximum absolute atomic E-state index is 12.7. The van der Waals surface area contributed by atoms with Gasteiger partial charge in [-0.25, -0.2) is 9.59 Å². The van der Waals surface area contributed by atoms with Crippen LogP contribution in [-0.4, -0.2) is 36.0 Å². The first-order valence-electron chi connectivity index (χ1n) is 9.46. The van der Waals surface area contributed by atoms with Gasteiger partial charge in [0, 0.05) is 0 Å². The summed E-state index contributed by atoms with van der Waals surface area (Å²) in [6.45, 7) is 3.68. The van der Waals surface area contributed by atoms with E-state index in [1.807, 2.05) is 31.2 Å². The van der Waals surface area contributed by atoms with E-state index in [0.29, 0.717) is 5.56 Å². The van der Waals surface area contributed by atoms with Crippen molar-refractivity contribution in [2.75, 3.05) is 13.2 Å². The van der Waals surface area contributed by atoms with E-state index in [1.54, 1.807) is 6.92 Å². The van der Waals surface area contributed by atoms with E-state index in [9.17, 15) is 14.4 Å². The molecule has 0 saturated carbocycles. The van der Waals surface area contributed by atoms with E-state index >= 15 is 0 Å². The smallest absolute Gasteiger partial charge is 0.344 e. The van der Waals surface area contributed by atoms with Crippen molar-refractivity contribution < 1.29 is 23.9 Å². The Bertz CT molecular complexity index is 1040. The minimum atomic E-state index is -0.547. The molecule has 0 bridgehead atoms. The first kappa shape index (κ1) is 22.7. The van der Waals surface area contributed by atoms with Gasteiger partial charge < -0.3 is 14.8 Å². The van der Waals surface area contributed by atoms with Crippen LogP contribution in [0.25, 0.3) is 6.08 Å². The van der Waals surface area contributed by atoms with Crippen molar-refractivity contribution in [3.05, 3.63) is 68.8 Å². The third-order valence-electron chi connectivity index (χ3n) is 4.36. The van der Waals surface area contributed by atoms with E-state index in [4.69, 9.17) is 32.7 Å². The highest BCUT2D eigenvalue weighted by Gasteiger charge is 2.33. The van der Waals surface area contributed by atoms with Crippen LogP contribution < -0.4 is 10.1 Å². The van der Waals surface area contributed by atoms with Crippen LogP contribution in [0.1, 0.15) is 23.6 Å².